The van der Waals surface area contributed by atoms with Gasteiger partial charge in [-0.3, -0.25) is 9.59 Å². The Bertz CT molecular complexity index is 587. The summed E-state index contributed by atoms with van der Waals surface area (Å²) in [6, 6.07) is 9.73. The lowest BCUT2D eigenvalue weighted by Gasteiger charge is -2.32. The molecule has 1 fully saturated rings. The Labute approximate surface area is 150 Å². The summed E-state index contributed by atoms with van der Waals surface area (Å²) in [6.45, 7) is 6.15. The molecule has 0 atom stereocenters. The van der Waals surface area contributed by atoms with Crippen LogP contribution in [-0.4, -0.2) is 40.5 Å². The van der Waals surface area contributed by atoms with Crippen molar-refractivity contribution in [2.45, 2.75) is 58.6 Å². The average Bonchev–Trinajstić information content (AvgIpc) is 2.98. The normalized spacial score (nSPS) is 16.5. The number of rotatable bonds is 6. The number of benzene rings is 1. The van der Waals surface area contributed by atoms with Gasteiger partial charge < -0.3 is 15.3 Å². The molecule has 1 aliphatic rings. The Morgan fingerprint density at radius 3 is 2.32 bits per heavy atom. The van der Waals surface area contributed by atoms with Crippen molar-refractivity contribution in [3.8, 4) is 0 Å². The molecule has 5 heteroatoms. The Morgan fingerprint density at radius 2 is 1.76 bits per heavy atom. The topological polar surface area (TPSA) is 69.6 Å². The van der Waals surface area contributed by atoms with Gasteiger partial charge in [0.05, 0.1) is 12.1 Å². The third kappa shape index (κ3) is 5.85. The number of aliphatic hydroxyl groups is 1. The fraction of sp³-hybridized carbons (Fsp3) is 0.600. The van der Waals surface area contributed by atoms with Crippen molar-refractivity contribution < 1.29 is 14.7 Å². The number of amides is 2. The number of carbonyl (C=O) groups is 2. The summed E-state index contributed by atoms with van der Waals surface area (Å²) in [5.41, 5.74) is -0.327. The Kier molecular flexibility index (Phi) is 6.22. The number of carbonyl (C=O) groups excluding carboxylic acids is 2. The highest BCUT2D eigenvalue weighted by Gasteiger charge is 2.34. The van der Waals surface area contributed by atoms with Crippen molar-refractivity contribution in [1.29, 1.82) is 0 Å². The number of hydrogen-bond donors (Lipinski definition) is 2. The third-order valence-corrected chi connectivity index (χ3v) is 4.67. The lowest BCUT2D eigenvalue weighted by Crippen LogP contribution is -2.48. The van der Waals surface area contributed by atoms with Gasteiger partial charge in [0.2, 0.25) is 11.8 Å². The molecule has 0 heterocycles. The molecular formula is C20H30N2O3. The van der Waals surface area contributed by atoms with Gasteiger partial charge >= 0.3 is 0 Å². The van der Waals surface area contributed by atoms with Crippen molar-refractivity contribution in [3.05, 3.63) is 35.9 Å². The first-order valence-electron chi connectivity index (χ1n) is 9.02. The Morgan fingerprint density at radius 1 is 1.16 bits per heavy atom. The first kappa shape index (κ1) is 19.4. The van der Waals surface area contributed by atoms with E-state index in [0.717, 1.165) is 31.2 Å². The van der Waals surface area contributed by atoms with Gasteiger partial charge in [-0.25, -0.2) is 0 Å². The minimum absolute atomic E-state index is 0.0426. The van der Waals surface area contributed by atoms with Gasteiger partial charge in [0, 0.05) is 18.5 Å². The van der Waals surface area contributed by atoms with Gasteiger partial charge in [-0.05, 0) is 18.4 Å². The van der Waals surface area contributed by atoms with E-state index in [1.165, 1.54) is 0 Å². The summed E-state index contributed by atoms with van der Waals surface area (Å²) in [5.74, 6) is -0.318. The van der Waals surface area contributed by atoms with Crippen LogP contribution < -0.4 is 5.32 Å². The van der Waals surface area contributed by atoms with Crippen LogP contribution in [0.15, 0.2) is 30.3 Å². The molecule has 0 saturated heterocycles. The number of nitrogens with zero attached hydrogens (tertiary/aromatic N) is 1. The largest absolute Gasteiger partial charge is 0.388 e. The van der Waals surface area contributed by atoms with Crippen molar-refractivity contribution in [2.75, 3.05) is 13.1 Å². The molecule has 0 unspecified atom stereocenters. The van der Waals surface area contributed by atoms with Crippen LogP contribution in [0.5, 0.6) is 0 Å². The van der Waals surface area contributed by atoms with E-state index in [1.807, 2.05) is 51.1 Å². The molecule has 0 radical (unpaired) electrons. The first-order valence-corrected chi connectivity index (χ1v) is 9.02. The van der Waals surface area contributed by atoms with Crippen LogP contribution in [0.25, 0.3) is 0 Å². The van der Waals surface area contributed by atoms with Crippen LogP contribution in [0, 0.1) is 5.41 Å². The zero-order valence-electron chi connectivity index (χ0n) is 15.5. The summed E-state index contributed by atoms with van der Waals surface area (Å²) < 4.78 is 0. The molecular weight excluding hydrogens is 316 g/mol. The van der Waals surface area contributed by atoms with Crippen molar-refractivity contribution in [2.24, 2.45) is 5.41 Å². The summed E-state index contributed by atoms with van der Waals surface area (Å²) in [7, 11) is 0. The van der Waals surface area contributed by atoms with Gasteiger partial charge in [-0.1, -0.05) is 63.9 Å². The quantitative estimate of drug-likeness (QED) is 0.831. The minimum Gasteiger partial charge on any atom is -0.388 e. The smallest absolute Gasteiger partial charge is 0.242 e. The fourth-order valence-corrected chi connectivity index (χ4v) is 3.12. The Balaban J connectivity index is 2.04. The van der Waals surface area contributed by atoms with E-state index in [4.69, 9.17) is 0 Å². The van der Waals surface area contributed by atoms with E-state index in [-0.39, 0.29) is 18.4 Å². The summed E-state index contributed by atoms with van der Waals surface area (Å²) >= 11 is 0. The summed E-state index contributed by atoms with van der Waals surface area (Å²) in [4.78, 5) is 26.4. The third-order valence-electron chi connectivity index (χ3n) is 4.67. The second kappa shape index (κ2) is 8.00. The van der Waals surface area contributed by atoms with E-state index in [9.17, 15) is 14.7 Å². The SMILES string of the molecule is CC(C)(C)C(=O)NCC(=O)N(Cc1ccccc1)CC1(O)CCCC1. The maximum absolute atomic E-state index is 12.7. The molecule has 1 aromatic carbocycles. The average molecular weight is 346 g/mol. The van der Waals surface area contributed by atoms with Crippen LogP contribution in [0.4, 0.5) is 0 Å². The minimum atomic E-state index is -0.807. The lowest BCUT2D eigenvalue weighted by atomic mass is 9.96. The van der Waals surface area contributed by atoms with Crippen LogP contribution in [0.2, 0.25) is 0 Å². The number of nitrogens with one attached hydrogen (secondary N) is 1. The zero-order valence-corrected chi connectivity index (χ0v) is 15.5. The van der Waals surface area contributed by atoms with Gasteiger partial charge in [-0.15, -0.1) is 0 Å². The summed E-state index contributed by atoms with van der Waals surface area (Å²) in [6.07, 6.45) is 3.43. The van der Waals surface area contributed by atoms with E-state index < -0.39 is 11.0 Å². The molecule has 1 aliphatic carbocycles. The standard InChI is InChI=1S/C20H30N2O3/c1-19(2,3)18(24)21-13-17(23)22(14-16-9-5-4-6-10-16)15-20(25)11-7-8-12-20/h4-6,9-10,25H,7-8,11-15H2,1-3H3,(H,21,24). The molecule has 0 aromatic heterocycles. The molecule has 2 rings (SSSR count). The molecule has 25 heavy (non-hydrogen) atoms. The molecule has 0 spiro atoms. The van der Waals surface area contributed by atoms with E-state index in [2.05, 4.69) is 5.32 Å². The lowest BCUT2D eigenvalue weighted by molar-refractivity contribution is -0.138. The van der Waals surface area contributed by atoms with Crippen molar-refractivity contribution in [1.82, 2.24) is 10.2 Å². The molecule has 138 valence electrons. The van der Waals surface area contributed by atoms with Crippen LogP contribution in [0.1, 0.15) is 52.0 Å². The molecule has 0 bridgehead atoms. The molecule has 1 aromatic rings. The highest BCUT2D eigenvalue weighted by molar-refractivity contribution is 5.87. The van der Waals surface area contributed by atoms with Gasteiger partial charge in [0.15, 0.2) is 0 Å². The zero-order chi connectivity index (χ0) is 18.5. The molecule has 5 nitrogen and oxygen atoms in total. The second-order valence-electron chi connectivity index (χ2n) is 8.10. The predicted molar refractivity (Wildman–Crippen MR) is 97.7 cm³/mol. The predicted octanol–water partition coefficient (Wildman–Crippen LogP) is 2.48. The van der Waals surface area contributed by atoms with Crippen molar-refractivity contribution >= 4 is 11.8 Å². The van der Waals surface area contributed by atoms with E-state index >= 15 is 0 Å². The molecule has 1 saturated carbocycles. The van der Waals surface area contributed by atoms with Gasteiger partial charge in [0.25, 0.3) is 0 Å². The van der Waals surface area contributed by atoms with Crippen LogP contribution in [0.3, 0.4) is 0 Å². The first-order chi connectivity index (χ1) is 11.7. The van der Waals surface area contributed by atoms with E-state index in [1.54, 1.807) is 4.90 Å². The van der Waals surface area contributed by atoms with E-state index in [0.29, 0.717) is 13.1 Å². The van der Waals surface area contributed by atoms with Gasteiger partial charge in [0.1, 0.15) is 0 Å². The fourth-order valence-electron chi connectivity index (χ4n) is 3.12. The molecule has 2 amide bonds. The molecule has 2 N–H and O–H groups in total. The number of hydrogen-bond acceptors (Lipinski definition) is 3. The van der Waals surface area contributed by atoms with Crippen LogP contribution >= 0.6 is 0 Å². The van der Waals surface area contributed by atoms with Crippen molar-refractivity contribution in [3.63, 3.8) is 0 Å². The maximum atomic E-state index is 12.7. The second-order valence-corrected chi connectivity index (χ2v) is 8.10. The summed E-state index contributed by atoms with van der Waals surface area (Å²) in [5, 5.41) is 13.4. The maximum Gasteiger partial charge on any atom is 0.242 e. The Hall–Kier alpha value is -1.88. The highest BCUT2D eigenvalue weighted by atomic mass is 16.3. The van der Waals surface area contributed by atoms with Crippen LogP contribution in [-0.2, 0) is 16.1 Å². The molecule has 0 aliphatic heterocycles. The van der Waals surface area contributed by atoms with Gasteiger partial charge in [-0.2, -0.15) is 0 Å². The highest BCUT2D eigenvalue weighted by Crippen LogP contribution is 2.30. The monoisotopic (exact) mass is 346 g/mol.